The highest BCUT2D eigenvalue weighted by atomic mass is 19.1. The van der Waals surface area contributed by atoms with E-state index in [9.17, 15) is 14.3 Å². The number of aliphatic hydroxyl groups is 1. The first-order valence-corrected chi connectivity index (χ1v) is 5.42. The molecular weight excluding hydrogens is 239 g/mol. The smallest absolute Gasteiger partial charge is 0.253 e. The van der Waals surface area contributed by atoms with Crippen LogP contribution in [0.25, 0.3) is 0 Å². The molecule has 100 valence electrons. The second-order valence-corrected chi connectivity index (χ2v) is 4.07. The number of rotatable bonds is 5. The van der Waals surface area contributed by atoms with Crippen molar-refractivity contribution >= 4 is 11.6 Å². The normalized spacial score (nSPS) is 12.2. The summed E-state index contributed by atoms with van der Waals surface area (Å²) in [5.74, 6) is -0.972. The van der Waals surface area contributed by atoms with Crippen LogP contribution in [0.2, 0.25) is 0 Å². The zero-order valence-corrected chi connectivity index (χ0v) is 10.4. The molecular formula is C12H17FN2O3. The van der Waals surface area contributed by atoms with Crippen LogP contribution in [0.5, 0.6) is 0 Å². The van der Waals surface area contributed by atoms with E-state index in [2.05, 4.69) is 0 Å². The van der Waals surface area contributed by atoms with Gasteiger partial charge in [0.25, 0.3) is 5.91 Å². The van der Waals surface area contributed by atoms with Crippen LogP contribution in [0.1, 0.15) is 10.4 Å². The Labute approximate surface area is 105 Å². The van der Waals surface area contributed by atoms with Gasteiger partial charge in [0.1, 0.15) is 5.82 Å². The summed E-state index contributed by atoms with van der Waals surface area (Å²) in [6.45, 7) is 0.228. The lowest BCUT2D eigenvalue weighted by Crippen LogP contribution is -2.36. The summed E-state index contributed by atoms with van der Waals surface area (Å²) in [5, 5.41) is 9.51. The minimum atomic E-state index is -0.783. The molecule has 0 aliphatic rings. The van der Waals surface area contributed by atoms with E-state index in [-0.39, 0.29) is 24.4 Å². The van der Waals surface area contributed by atoms with Gasteiger partial charge in [0, 0.05) is 32.0 Å². The van der Waals surface area contributed by atoms with Crippen LogP contribution in [0.3, 0.4) is 0 Å². The van der Waals surface area contributed by atoms with Crippen molar-refractivity contribution in [2.75, 3.05) is 33.0 Å². The fraction of sp³-hybridized carbons (Fsp3) is 0.417. The van der Waals surface area contributed by atoms with E-state index in [1.165, 1.54) is 25.1 Å². The third-order valence-corrected chi connectivity index (χ3v) is 2.36. The van der Waals surface area contributed by atoms with Crippen molar-refractivity contribution in [2.24, 2.45) is 0 Å². The average molecular weight is 256 g/mol. The van der Waals surface area contributed by atoms with Gasteiger partial charge >= 0.3 is 0 Å². The minimum absolute atomic E-state index is 0.100. The SMILES string of the molecule is COCC(O)CN(C)C(=O)c1cc(N)cc(F)c1. The number of halogens is 1. The summed E-state index contributed by atoms with van der Waals surface area (Å²) >= 11 is 0. The van der Waals surface area contributed by atoms with Crippen LogP contribution < -0.4 is 5.73 Å². The van der Waals surface area contributed by atoms with Gasteiger partial charge in [-0.05, 0) is 18.2 Å². The molecule has 0 aliphatic carbocycles. The van der Waals surface area contributed by atoms with Crippen LogP contribution in [0.15, 0.2) is 18.2 Å². The van der Waals surface area contributed by atoms with Gasteiger partial charge in [-0.15, -0.1) is 0 Å². The molecule has 0 saturated heterocycles. The molecule has 0 saturated carbocycles. The number of nitrogens with zero attached hydrogens (tertiary/aromatic N) is 1. The van der Waals surface area contributed by atoms with E-state index in [0.717, 1.165) is 12.1 Å². The van der Waals surface area contributed by atoms with Gasteiger partial charge in [-0.3, -0.25) is 4.79 Å². The molecule has 1 aromatic rings. The molecule has 0 heterocycles. The molecule has 1 amide bonds. The number of ether oxygens (including phenoxy) is 1. The largest absolute Gasteiger partial charge is 0.399 e. The lowest BCUT2D eigenvalue weighted by Gasteiger charge is -2.20. The third kappa shape index (κ3) is 3.97. The van der Waals surface area contributed by atoms with Crippen molar-refractivity contribution < 1.29 is 19.0 Å². The first-order chi connectivity index (χ1) is 8.43. The van der Waals surface area contributed by atoms with Crippen LogP contribution in [-0.4, -0.2) is 49.3 Å². The highest BCUT2D eigenvalue weighted by molar-refractivity contribution is 5.94. The van der Waals surface area contributed by atoms with Crippen LogP contribution >= 0.6 is 0 Å². The first kappa shape index (κ1) is 14.4. The fourth-order valence-corrected chi connectivity index (χ4v) is 1.60. The number of hydrogen-bond donors (Lipinski definition) is 2. The number of likely N-dealkylation sites (N-methyl/N-ethyl adjacent to an activating group) is 1. The number of anilines is 1. The molecule has 0 fully saturated rings. The van der Waals surface area contributed by atoms with Gasteiger partial charge < -0.3 is 20.5 Å². The number of carbonyl (C=O) groups is 1. The zero-order valence-electron chi connectivity index (χ0n) is 10.4. The Kier molecular flexibility index (Phi) is 5.06. The molecule has 1 unspecified atom stereocenters. The number of benzene rings is 1. The van der Waals surface area contributed by atoms with E-state index in [4.69, 9.17) is 10.5 Å². The lowest BCUT2D eigenvalue weighted by atomic mass is 10.1. The first-order valence-electron chi connectivity index (χ1n) is 5.42. The van der Waals surface area contributed by atoms with E-state index < -0.39 is 17.8 Å². The van der Waals surface area contributed by atoms with E-state index >= 15 is 0 Å². The average Bonchev–Trinajstić information content (AvgIpc) is 2.26. The maximum Gasteiger partial charge on any atom is 0.253 e. The Morgan fingerprint density at radius 2 is 2.22 bits per heavy atom. The molecule has 0 aromatic heterocycles. The summed E-state index contributed by atoms with van der Waals surface area (Å²) in [7, 11) is 2.97. The standard InChI is InChI=1S/C12H17FN2O3/c1-15(6-11(16)7-18-2)12(17)8-3-9(13)5-10(14)4-8/h3-5,11,16H,6-7,14H2,1-2H3. The van der Waals surface area contributed by atoms with Gasteiger partial charge in [0.15, 0.2) is 0 Å². The number of amides is 1. The highest BCUT2D eigenvalue weighted by Crippen LogP contribution is 2.12. The van der Waals surface area contributed by atoms with E-state index in [0.29, 0.717) is 0 Å². The monoisotopic (exact) mass is 256 g/mol. The van der Waals surface area contributed by atoms with Crippen LogP contribution in [0, 0.1) is 5.82 Å². The molecule has 0 aliphatic heterocycles. The summed E-state index contributed by atoms with van der Waals surface area (Å²) in [5.41, 5.74) is 5.80. The lowest BCUT2D eigenvalue weighted by molar-refractivity contribution is 0.0380. The fourth-order valence-electron chi connectivity index (χ4n) is 1.60. The summed E-state index contributed by atoms with van der Waals surface area (Å²) < 4.78 is 17.9. The summed E-state index contributed by atoms with van der Waals surface area (Å²) in [6, 6.07) is 3.64. The predicted octanol–water partition coefficient (Wildman–Crippen LogP) is 0.487. The van der Waals surface area contributed by atoms with Crippen molar-refractivity contribution in [3.05, 3.63) is 29.6 Å². The van der Waals surface area contributed by atoms with E-state index in [1.54, 1.807) is 0 Å². The van der Waals surface area contributed by atoms with Crippen molar-refractivity contribution in [2.45, 2.75) is 6.10 Å². The topological polar surface area (TPSA) is 75.8 Å². The number of hydrogen-bond acceptors (Lipinski definition) is 4. The maximum atomic E-state index is 13.1. The Morgan fingerprint density at radius 3 is 2.78 bits per heavy atom. The molecule has 18 heavy (non-hydrogen) atoms. The summed E-state index contributed by atoms with van der Waals surface area (Å²) in [4.78, 5) is 13.2. The number of carbonyl (C=O) groups excluding carboxylic acids is 1. The maximum absolute atomic E-state index is 13.1. The molecule has 6 heteroatoms. The van der Waals surface area contributed by atoms with Crippen molar-refractivity contribution in [1.82, 2.24) is 4.90 Å². The van der Waals surface area contributed by atoms with Gasteiger partial charge in [-0.25, -0.2) is 4.39 Å². The molecule has 1 atom stereocenters. The zero-order chi connectivity index (χ0) is 13.7. The Bertz CT molecular complexity index is 406. The second kappa shape index (κ2) is 6.32. The summed E-state index contributed by atoms with van der Waals surface area (Å²) in [6.07, 6.45) is -0.783. The van der Waals surface area contributed by atoms with Crippen molar-refractivity contribution in [3.8, 4) is 0 Å². The predicted molar refractivity (Wildman–Crippen MR) is 65.7 cm³/mol. The Balaban J connectivity index is 2.74. The van der Waals surface area contributed by atoms with Gasteiger partial charge in [0.2, 0.25) is 0 Å². The van der Waals surface area contributed by atoms with Gasteiger partial charge in [0.05, 0.1) is 12.7 Å². The van der Waals surface area contributed by atoms with Gasteiger partial charge in [-0.1, -0.05) is 0 Å². The number of methoxy groups -OCH3 is 1. The second-order valence-electron chi connectivity index (χ2n) is 4.07. The van der Waals surface area contributed by atoms with Gasteiger partial charge in [-0.2, -0.15) is 0 Å². The molecule has 5 nitrogen and oxygen atoms in total. The van der Waals surface area contributed by atoms with Crippen LogP contribution in [0.4, 0.5) is 10.1 Å². The Morgan fingerprint density at radius 1 is 1.56 bits per heavy atom. The number of nitrogens with two attached hydrogens (primary N) is 1. The number of aliphatic hydroxyl groups excluding tert-OH is 1. The van der Waals surface area contributed by atoms with E-state index in [1.807, 2.05) is 0 Å². The van der Waals surface area contributed by atoms with Crippen LogP contribution in [-0.2, 0) is 4.74 Å². The highest BCUT2D eigenvalue weighted by Gasteiger charge is 2.16. The van der Waals surface area contributed by atoms with Crippen molar-refractivity contribution in [3.63, 3.8) is 0 Å². The van der Waals surface area contributed by atoms with Crippen molar-refractivity contribution in [1.29, 1.82) is 0 Å². The molecule has 3 N–H and O–H groups in total. The number of nitrogen functional groups attached to an aromatic ring is 1. The quantitative estimate of drug-likeness (QED) is 0.752. The molecule has 1 rings (SSSR count). The third-order valence-electron chi connectivity index (χ3n) is 2.36. The molecule has 1 aromatic carbocycles. The molecule has 0 bridgehead atoms. The molecule has 0 spiro atoms. The minimum Gasteiger partial charge on any atom is -0.399 e. The Hall–Kier alpha value is -1.66. The molecule has 0 radical (unpaired) electrons.